The van der Waals surface area contributed by atoms with Gasteiger partial charge in [-0.1, -0.05) is 30.3 Å². The fourth-order valence-electron chi connectivity index (χ4n) is 3.24. The standard InChI is InChI=1S/C22H18BrN3O4/c1-26-12-14(23)10-17(26)21(27)24-25-22(28)20-19(13-6-4-3-5-7-13)16-9-8-15(29-2)11-18(16)30-20/h3-12H,1-2H3,(H,24,27)(H,25,28). The summed E-state index contributed by atoms with van der Waals surface area (Å²) in [6.45, 7) is 0. The maximum absolute atomic E-state index is 12.9. The highest BCUT2D eigenvalue weighted by atomic mass is 79.9. The number of carbonyl (C=O) groups excluding carboxylic acids is 2. The van der Waals surface area contributed by atoms with Gasteiger partial charge in [0.25, 0.3) is 5.91 Å². The molecule has 0 bridgehead atoms. The van der Waals surface area contributed by atoms with Gasteiger partial charge < -0.3 is 13.7 Å². The van der Waals surface area contributed by atoms with Gasteiger partial charge in [0.05, 0.1) is 7.11 Å². The van der Waals surface area contributed by atoms with Crippen LogP contribution in [0.1, 0.15) is 21.0 Å². The first-order chi connectivity index (χ1) is 14.5. The van der Waals surface area contributed by atoms with Crippen LogP contribution in [-0.2, 0) is 7.05 Å². The van der Waals surface area contributed by atoms with Crippen molar-refractivity contribution in [3.63, 3.8) is 0 Å². The van der Waals surface area contributed by atoms with E-state index in [9.17, 15) is 9.59 Å². The van der Waals surface area contributed by atoms with Crippen LogP contribution in [0.25, 0.3) is 22.1 Å². The summed E-state index contributed by atoms with van der Waals surface area (Å²) in [5.74, 6) is -0.301. The van der Waals surface area contributed by atoms with Crippen molar-refractivity contribution < 1.29 is 18.7 Å². The van der Waals surface area contributed by atoms with Gasteiger partial charge in [-0.3, -0.25) is 20.4 Å². The van der Waals surface area contributed by atoms with Crippen LogP contribution < -0.4 is 15.6 Å². The Morgan fingerprint density at radius 3 is 2.43 bits per heavy atom. The second kappa shape index (κ2) is 8.08. The maximum Gasteiger partial charge on any atom is 0.306 e. The van der Waals surface area contributed by atoms with Crippen LogP contribution in [0, 0.1) is 0 Å². The first kappa shape index (κ1) is 19.8. The molecular weight excluding hydrogens is 450 g/mol. The normalized spacial score (nSPS) is 10.8. The quantitative estimate of drug-likeness (QED) is 0.438. The predicted molar refractivity (Wildman–Crippen MR) is 116 cm³/mol. The molecule has 0 aliphatic heterocycles. The lowest BCUT2D eigenvalue weighted by atomic mass is 10.0. The number of ether oxygens (including phenoxy) is 1. The number of rotatable bonds is 4. The molecule has 4 rings (SSSR count). The summed E-state index contributed by atoms with van der Waals surface area (Å²) in [5.41, 5.74) is 7.24. The molecule has 4 aromatic rings. The summed E-state index contributed by atoms with van der Waals surface area (Å²) >= 11 is 3.32. The molecule has 2 aromatic heterocycles. The highest BCUT2D eigenvalue weighted by Crippen LogP contribution is 2.36. The SMILES string of the molecule is COc1ccc2c(-c3ccccc3)c(C(=O)NNC(=O)c3cc(Br)cn3C)oc2c1. The Bertz CT molecular complexity index is 1240. The van der Waals surface area contributed by atoms with Crippen molar-refractivity contribution in [1.82, 2.24) is 15.4 Å². The number of halogens is 1. The summed E-state index contributed by atoms with van der Waals surface area (Å²) in [6, 6.07) is 16.5. The first-order valence-corrected chi connectivity index (χ1v) is 9.85. The van der Waals surface area contributed by atoms with Crippen molar-refractivity contribution in [3.05, 3.63) is 76.7 Å². The molecule has 2 aromatic carbocycles. The minimum Gasteiger partial charge on any atom is -0.497 e. The number of fused-ring (bicyclic) bond motifs is 1. The Balaban J connectivity index is 1.67. The van der Waals surface area contributed by atoms with Crippen LogP contribution in [0.2, 0.25) is 0 Å². The maximum atomic E-state index is 12.9. The minimum absolute atomic E-state index is 0.0952. The average Bonchev–Trinajstić information content (AvgIpc) is 3.31. The zero-order valence-corrected chi connectivity index (χ0v) is 17.8. The van der Waals surface area contributed by atoms with Crippen molar-refractivity contribution in [2.24, 2.45) is 7.05 Å². The van der Waals surface area contributed by atoms with Crippen LogP contribution >= 0.6 is 15.9 Å². The molecule has 30 heavy (non-hydrogen) atoms. The number of hydrogen-bond donors (Lipinski definition) is 2. The molecule has 0 atom stereocenters. The molecule has 0 saturated carbocycles. The van der Waals surface area contributed by atoms with E-state index in [1.807, 2.05) is 36.4 Å². The summed E-state index contributed by atoms with van der Waals surface area (Å²) in [4.78, 5) is 25.3. The summed E-state index contributed by atoms with van der Waals surface area (Å²) in [5, 5.41) is 0.768. The van der Waals surface area contributed by atoms with Crippen LogP contribution in [0.5, 0.6) is 5.75 Å². The van der Waals surface area contributed by atoms with Gasteiger partial charge in [0.15, 0.2) is 0 Å². The molecule has 0 saturated heterocycles. The van der Waals surface area contributed by atoms with Crippen LogP contribution in [-0.4, -0.2) is 23.5 Å². The van der Waals surface area contributed by atoms with Gasteiger partial charge in [-0.2, -0.15) is 0 Å². The number of hydrazine groups is 1. The summed E-state index contributed by atoms with van der Waals surface area (Å²) in [7, 11) is 3.30. The highest BCUT2D eigenvalue weighted by molar-refractivity contribution is 9.10. The molecule has 0 aliphatic rings. The lowest BCUT2D eigenvalue weighted by Crippen LogP contribution is -2.42. The van der Waals surface area contributed by atoms with Crippen molar-refractivity contribution in [2.75, 3.05) is 7.11 Å². The zero-order valence-electron chi connectivity index (χ0n) is 16.2. The number of hydrogen-bond acceptors (Lipinski definition) is 4. The zero-order chi connectivity index (χ0) is 21.3. The van der Waals surface area contributed by atoms with E-state index in [2.05, 4.69) is 26.8 Å². The lowest BCUT2D eigenvalue weighted by molar-refractivity contribution is 0.0828. The summed E-state index contributed by atoms with van der Waals surface area (Å²) < 4.78 is 13.5. The Morgan fingerprint density at radius 1 is 1.03 bits per heavy atom. The second-order valence-corrected chi connectivity index (χ2v) is 7.51. The van der Waals surface area contributed by atoms with Crippen molar-refractivity contribution in [2.45, 2.75) is 0 Å². The Morgan fingerprint density at radius 2 is 1.77 bits per heavy atom. The first-order valence-electron chi connectivity index (χ1n) is 9.06. The number of nitrogens with one attached hydrogen (secondary N) is 2. The molecule has 0 radical (unpaired) electrons. The van der Waals surface area contributed by atoms with E-state index in [1.165, 1.54) is 0 Å². The fraction of sp³-hybridized carbons (Fsp3) is 0.0909. The Kier molecular flexibility index (Phi) is 5.33. The third-order valence-corrected chi connectivity index (χ3v) is 5.09. The van der Waals surface area contributed by atoms with Crippen LogP contribution in [0.3, 0.4) is 0 Å². The Labute approximate surface area is 180 Å². The van der Waals surface area contributed by atoms with Crippen molar-refractivity contribution in [1.29, 1.82) is 0 Å². The van der Waals surface area contributed by atoms with E-state index in [-0.39, 0.29) is 5.76 Å². The molecule has 152 valence electrons. The molecule has 7 nitrogen and oxygen atoms in total. The molecule has 2 heterocycles. The predicted octanol–water partition coefficient (Wildman–Crippen LogP) is 4.28. The number of nitrogens with zero attached hydrogens (tertiary/aromatic N) is 1. The molecule has 8 heteroatoms. The van der Waals surface area contributed by atoms with Gasteiger partial charge in [0.1, 0.15) is 17.0 Å². The van der Waals surface area contributed by atoms with Gasteiger partial charge in [-0.05, 0) is 39.7 Å². The average molecular weight is 468 g/mol. The number of carbonyl (C=O) groups is 2. The van der Waals surface area contributed by atoms with E-state index in [0.717, 1.165) is 15.4 Å². The van der Waals surface area contributed by atoms with Gasteiger partial charge in [-0.25, -0.2) is 0 Å². The Hall–Kier alpha value is -3.52. The van der Waals surface area contributed by atoms with E-state index in [4.69, 9.17) is 9.15 Å². The largest absolute Gasteiger partial charge is 0.497 e. The van der Waals surface area contributed by atoms with Crippen molar-refractivity contribution >= 4 is 38.7 Å². The molecular formula is C22H18BrN3O4. The number of aryl methyl sites for hydroxylation is 1. The lowest BCUT2D eigenvalue weighted by Gasteiger charge is -2.08. The molecule has 2 amide bonds. The smallest absolute Gasteiger partial charge is 0.306 e. The van der Waals surface area contributed by atoms with Gasteiger partial charge in [-0.15, -0.1) is 0 Å². The molecule has 0 unspecified atom stereocenters. The molecule has 0 fully saturated rings. The number of aromatic nitrogens is 1. The number of methoxy groups -OCH3 is 1. The number of amides is 2. The molecule has 0 aliphatic carbocycles. The second-order valence-electron chi connectivity index (χ2n) is 6.60. The highest BCUT2D eigenvalue weighted by Gasteiger charge is 2.23. The fourth-order valence-corrected chi connectivity index (χ4v) is 3.76. The number of benzene rings is 2. The van der Waals surface area contributed by atoms with Crippen LogP contribution in [0.15, 0.2) is 69.7 Å². The third kappa shape index (κ3) is 3.69. The van der Waals surface area contributed by atoms with Gasteiger partial charge in [0, 0.05) is 34.7 Å². The van der Waals surface area contributed by atoms with E-state index in [1.54, 1.807) is 43.1 Å². The van der Waals surface area contributed by atoms with E-state index in [0.29, 0.717) is 22.6 Å². The third-order valence-electron chi connectivity index (χ3n) is 4.66. The molecule has 0 spiro atoms. The monoisotopic (exact) mass is 467 g/mol. The van der Waals surface area contributed by atoms with Crippen molar-refractivity contribution in [3.8, 4) is 16.9 Å². The van der Waals surface area contributed by atoms with E-state index < -0.39 is 11.8 Å². The van der Waals surface area contributed by atoms with Gasteiger partial charge >= 0.3 is 5.91 Å². The van der Waals surface area contributed by atoms with Crippen LogP contribution in [0.4, 0.5) is 0 Å². The minimum atomic E-state index is -0.564. The van der Waals surface area contributed by atoms with E-state index >= 15 is 0 Å². The molecule has 2 N–H and O–H groups in total. The number of furan rings is 1. The summed E-state index contributed by atoms with van der Waals surface area (Å²) in [6.07, 6.45) is 1.75. The topological polar surface area (TPSA) is 85.5 Å². The van der Waals surface area contributed by atoms with Gasteiger partial charge in [0.2, 0.25) is 5.76 Å².